The lowest BCUT2D eigenvalue weighted by Gasteiger charge is -2.36. The highest BCUT2D eigenvalue weighted by molar-refractivity contribution is 5.81. The Morgan fingerprint density at radius 2 is 1.65 bits per heavy atom. The Hall–Kier alpha value is -3.61. The maximum absolute atomic E-state index is 13.0. The number of hydrogen-bond donors (Lipinski definition) is 0. The minimum Gasteiger partial charge on any atom is -0.494 e. The van der Waals surface area contributed by atoms with Gasteiger partial charge >= 0.3 is 0 Å². The largest absolute Gasteiger partial charge is 0.494 e. The fourth-order valence-electron chi connectivity index (χ4n) is 4.02. The summed E-state index contributed by atoms with van der Waals surface area (Å²) in [5, 5.41) is 0. The molecule has 1 aliphatic rings. The summed E-state index contributed by atoms with van der Waals surface area (Å²) in [6.07, 6.45) is 1.07. The second-order valence-electron chi connectivity index (χ2n) is 8.54. The molecule has 0 N–H and O–H groups in total. The zero-order valence-corrected chi connectivity index (χ0v) is 20.3. The number of aryl methyl sites for hydroxylation is 2. The molecule has 7 nitrogen and oxygen atoms in total. The standard InChI is InChI=1S/C27H32N4O3/c1-5-33-23-10-7-22(8-11-23)25-17-26(29-18-28-25)30-12-14-31(15-13-30)27(32)21(4)34-24-9-6-19(2)20(3)16-24/h6-11,16-18,21H,5,12-15H2,1-4H3. The molecule has 1 fully saturated rings. The second kappa shape index (κ2) is 10.5. The summed E-state index contributed by atoms with van der Waals surface area (Å²) in [6, 6.07) is 15.8. The molecule has 178 valence electrons. The van der Waals surface area contributed by atoms with E-state index in [2.05, 4.69) is 21.8 Å². The molecule has 7 heteroatoms. The summed E-state index contributed by atoms with van der Waals surface area (Å²) < 4.78 is 11.5. The molecule has 0 radical (unpaired) electrons. The van der Waals surface area contributed by atoms with Crippen molar-refractivity contribution in [2.75, 3.05) is 37.7 Å². The number of benzene rings is 2. The minimum atomic E-state index is -0.529. The third-order valence-corrected chi connectivity index (χ3v) is 6.17. The van der Waals surface area contributed by atoms with Gasteiger partial charge in [0.2, 0.25) is 0 Å². The first-order chi connectivity index (χ1) is 16.4. The number of amides is 1. The molecule has 34 heavy (non-hydrogen) atoms. The molecule has 0 aliphatic carbocycles. The van der Waals surface area contributed by atoms with Crippen molar-refractivity contribution >= 4 is 11.7 Å². The number of carbonyl (C=O) groups is 1. The van der Waals surface area contributed by atoms with E-state index in [4.69, 9.17) is 9.47 Å². The van der Waals surface area contributed by atoms with Gasteiger partial charge in [-0.05, 0) is 75.2 Å². The SMILES string of the molecule is CCOc1ccc(-c2cc(N3CCN(C(=O)C(C)Oc4ccc(C)c(C)c4)CC3)ncn2)cc1. The number of ether oxygens (including phenoxy) is 2. The van der Waals surface area contributed by atoms with Gasteiger partial charge in [-0.3, -0.25) is 4.79 Å². The van der Waals surface area contributed by atoms with Crippen LogP contribution in [0.4, 0.5) is 5.82 Å². The molecule has 0 bridgehead atoms. The number of aromatic nitrogens is 2. The van der Waals surface area contributed by atoms with Crippen molar-refractivity contribution in [3.8, 4) is 22.8 Å². The number of hydrogen-bond acceptors (Lipinski definition) is 6. The third kappa shape index (κ3) is 5.47. The van der Waals surface area contributed by atoms with Crippen LogP contribution in [-0.4, -0.2) is 59.7 Å². The lowest BCUT2D eigenvalue weighted by Crippen LogP contribution is -2.52. The molecule has 1 atom stereocenters. The second-order valence-corrected chi connectivity index (χ2v) is 8.54. The van der Waals surface area contributed by atoms with Gasteiger partial charge in [-0.2, -0.15) is 0 Å². The van der Waals surface area contributed by atoms with E-state index in [1.54, 1.807) is 6.33 Å². The van der Waals surface area contributed by atoms with Crippen LogP contribution < -0.4 is 14.4 Å². The van der Waals surface area contributed by atoms with Crippen LogP contribution in [0.25, 0.3) is 11.3 Å². The Balaban J connectivity index is 1.35. The van der Waals surface area contributed by atoms with Crippen LogP contribution >= 0.6 is 0 Å². The summed E-state index contributed by atoms with van der Waals surface area (Å²) in [5.74, 6) is 2.45. The molecule has 1 aliphatic heterocycles. The van der Waals surface area contributed by atoms with E-state index in [-0.39, 0.29) is 5.91 Å². The predicted octanol–water partition coefficient (Wildman–Crippen LogP) is 4.28. The molecule has 0 saturated carbocycles. The molecule has 0 spiro atoms. The van der Waals surface area contributed by atoms with Gasteiger partial charge in [-0.1, -0.05) is 6.07 Å². The minimum absolute atomic E-state index is 0.00985. The molecule has 2 heterocycles. The maximum atomic E-state index is 13.0. The molecule has 1 saturated heterocycles. The fraction of sp³-hybridized carbons (Fsp3) is 0.370. The van der Waals surface area contributed by atoms with Gasteiger partial charge in [-0.25, -0.2) is 9.97 Å². The van der Waals surface area contributed by atoms with Crippen LogP contribution in [0.2, 0.25) is 0 Å². The summed E-state index contributed by atoms with van der Waals surface area (Å²) in [6.45, 7) is 11.2. The van der Waals surface area contributed by atoms with Crippen LogP contribution in [0, 0.1) is 13.8 Å². The summed E-state index contributed by atoms with van der Waals surface area (Å²) in [5.41, 5.74) is 4.23. The number of piperazine rings is 1. The topological polar surface area (TPSA) is 67.8 Å². The summed E-state index contributed by atoms with van der Waals surface area (Å²) in [4.78, 5) is 25.9. The Morgan fingerprint density at radius 3 is 2.32 bits per heavy atom. The molecular formula is C27H32N4O3. The van der Waals surface area contributed by atoms with Gasteiger partial charge in [0.1, 0.15) is 23.6 Å². The van der Waals surface area contributed by atoms with Crippen LogP contribution in [0.5, 0.6) is 11.5 Å². The average Bonchev–Trinajstić information content (AvgIpc) is 2.86. The highest BCUT2D eigenvalue weighted by Gasteiger charge is 2.27. The molecule has 1 amide bonds. The van der Waals surface area contributed by atoms with Crippen LogP contribution in [-0.2, 0) is 4.79 Å². The number of rotatable bonds is 7. The number of carbonyl (C=O) groups excluding carboxylic acids is 1. The van der Waals surface area contributed by atoms with E-state index in [1.807, 2.05) is 74.2 Å². The monoisotopic (exact) mass is 460 g/mol. The van der Waals surface area contributed by atoms with E-state index in [9.17, 15) is 4.79 Å². The first-order valence-corrected chi connectivity index (χ1v) is 11.8. The van der Waals surface area contributed by atoms with Gasteiger partial charge in [-0.15, -0.1) is 0 Å². The highest BCUT2D eigenvalue weighted by Crippen LogP contribution is 2.24. The Bertz CT molecular complexity index is 1120. The molecule has 1 aromatic heterocycles. The quantitative estimate of drug-likeness (QED) is 0.524. The van der Waals surface area contributed by atoms with Crippen LogP contribution in [0.3, 0.4) is 0 Å². The number of nitrogens with zero attached hydrogens (tertiary/aromatic N) is 4. The lowest BCUT2D eigenvalue weighted by molar-refractivity contribution is -0.138. The van der Waals surface area contributed by atoms with Crippen LogP contribution in [0.15, 0.2) is 54.9 Å². The third-order valence-electron chi connectivity index (χ3n) is 6.17. The van der Waals surface area contributed by atoms with E-state index in [0.29, 0.717) is 32.8 Å². The van der Waals surface area contributed by atoms with E-state index in [0.717, 1.165) is 34.1 Å². The first kappa shape index (κ1) is 23.5. The van der Waals surface area contributed by atoms with Gasteiger partial charge in [0.25, 0.3) is 5.91 Å². The molecule has 2 aromatic carbocycles. The predicted molar refractivity (Wildman–Crippen MR) is 133 cm³/mol. The molecule has 4 rings (SSSR count). The molecule has 3 aromatic rings. The maximum Gasteiger partial charge on any atom is 0.263 e. The van der Waals surface area contributed by atoms with Gasteiger partial charge in [0, 0.05) is 37.8 Å². The van der Waals surface area contributed by atoms with Crippen molar-refractivity contribution < 1.29 is 14.3 Å². The Labute approximate surface area is 201 Å². The van der Waals surface area contributed by atoms with Gasteiger partial charge < -0.3 is 19.3 Å². The van der Waals surface area contributed by atoms with Crippen molar-refractivity contribution in [1.29, 1.82) is 0 Å². The fourth-order valence-corrected chi connectivity index (χ4v) is 4.02. The first-order valence-electron chi connectivity index (χ1n) is 11.8. The normalized spacial score (nSPS) is 14.6. The van der Waals surface area contributed by atoms with Crippen molar-refractivity contribution in [1.82, 2.24) is 14.9 Å². The molecule has 1 unspecified atom stereocenters. The van der Waals surface area contributed by atoms with Crippen molar-refractivity contribution in [3.05, 3.63) is 66.0 Å². The van der Waals surface area contributed by atoms with E-state index >= 15 is 0 Å². The van der Waals surface area contributed by atoms with Crippen molar-refractivity contribution in [2.24, 2.45) is 0 Å². The van der Waals surface area contributed by atoms with Crippen molar-refractivity contribution in [3.63, 3.8) is 0 Å². The van der Waals surface area contributed by atoms with Gasteiger partial charge in [0.15, 0.2) is 6.10 Å². The molecular weight excluding hydrogens is 428 g/mol. The zero-order valence-electron chi connectivity index (χ0n) is 20.3. The average molecular weight is 461 g/mol. The Kier molecular flexibility index (Phi) is 7.30. The van der Waals surface area contributed by atoms with E-state index < -0.39 is 6.10 Å². The highest BCUT2D eigenvalue weighted by atomic mass is 16.5. The van der Waals surface area contributed by atoms with Crippen molar-refractivity contribution in [2.45, 2.75) is 33.8 Å². The Morgan fingerprint density at radius 1 is 0.941 bits per heavy atom. The smallest absolute Gasteiger partial charge is 0.263 e. The lowest BCUT2D eigenvalue weighted by atomic mass is 10.1. The van der Waals surface area contributed by atoms with Crippen LogP contribution in [0.1, 0.15) is 25.0 Å². The summed E-state index contributed by atoms with van der Waals surface area (Å²) >= 11 is 0. The zero-order chi connectivity index (χ0) is 24.1. The van der Waals surface area contributed by atoms with E-state index in [1.165, 1.54) is 5.56 Å². The van der Waals surface area contributed by atoms with Gasteiger partial charge in [0.05, 0.1) is 12.3 Å². The summed E-state index contributed by atoms with van der Waals surface area (Å²) in [7, 11) is 0. The number of anilines is 1.